The van der Waals surface area contributed by atoms with Crippen molar-refractivity contribution < 1.29 is 14.3 Å². The lowest BCUT2D eigenvalue weighted by Crippen LogP contribution is -2.30. The zero-order valence-electron chi connectivity index (χ0n) is 17.6. The number of ether oxygens (including phenoxy) is 2. The van der Waals surface area contributed by atoms with E-state index in [1.165, 1.54) is 0 Å². The first-order valence-corrected chi connectivity index (χ1v) is 11.0. The van der Waals surface area contributed by atoms with Gasteiger partial charge in [-0.2, -0.15) is 0 Å². The highest BCUT2D eigenvalue weighted by Gasteiger charge is 2.31. The minimum absolute atomic E-state index is 0.0515. The monoisotopic (exact) mass is 425 g/mol. The van der Waals surface area contributed by atoms with Crippen LogP contribution in [0.4, 0.5) is 0 Å². The Hall–Kier alpha value is -3.80. The van der Waals surface area contributed by atoms with E-state index in [2.05, 4.69) is 11.1 Å². The van der Waals surface area contributed by atoms with Crippen molar-refractivity contribution in [3.63, 3.8) is 0 Å². The Balaban J connectivity index is 1.26. The third-order valence-corrected chi connectivity index (χ3v) is 6.31. The van der Waals surface area contributed by atoms with Crippen molar-refractivity contribution in [2.24, 2.45) is 0 Å². The van der Waals surface area contributed by atoms with Gasteiger partial charge in [-0.1, -0.05) is 18.2 Å². The molecule has 4 aromatic rings. The smallest absolute Gasteiger partial charge is 0.254 e. The Kier molecular flexibility index (Phi) is 4.56. The summed E-state index contributed by atoms with van der Waals surface area (Å²) in [6.07, 6.45) is 3.76. The van der Waals surface area contributed by atoms with E-state index >= 15 is 0 Å². The lowest BCUT2D eigenvalue weighted by atomic mass is 10.0. The van der Waals surface area contributed by atoms with Crippen LogP contribution in [-0.4, -0.2) is 40.1 Å². The number of nitrogens with zero attached hydrogens (tertiary/aromatic N) is 3. The number of imidazole rings is 1. The summed E-state index contributed by atoms with van der Waals surface area (Å²) in [4.78, 5) is 19.8. The van der Waals surface area contributed by atoms with Gasteiger partial charge in [-0.05, 0) is 66.9 Å². The number of hydrogen-bond donors (Lipinski definition) is 0. The SMILES string of the molecule is O=C(c1ccc(-n2cnc3ccccc32)cc1)N1CCC[C@@H]1c1ccc2c(c1)OCCO2. The van der Waals surface area contributed by atoms with Crippen molar-refractivity contribution in [3.8, 4) is 17.2 Å². The number of carbonyl (C=O) groups is 1. The van der Waals surface area contributed by atoms with Crippen LogP contribution in [0, 0.1) is 0 Å². The average molecular weight is 425 g/mol. The summed E-state index contributed by atoms with van der Waals surface area (Å²) in [7, 11) is 0. The second kappa shape index (κ2) is 7.71. The number of rotatable bonds is 3. The fourth-order valence-electron chi connectivity index (χ4n) is 4.72. The normalized spacial score (nSPS) is 17.6. The molecule has 1 fully saturated rings. The lowest BCUT2D eigenvalue weighted by molar-refractivity contribution is 0.0735. The van der Waals surface area contributed by atoms with Gasteiger partial charge in [0.05, 0.1) is 17.1 Å². The van der Waals surface area contributed by atoms with Crippen molar-refractivity contribution in [2.75, 3.05) is 19.8 Å². The molecule has 6 rings (SSSR count). The van der Waals surface area contributed by atoms with Gasteiger partial charge in [-0.25, -0.2) is 4.98 Å². The van der Waals surface area contributed by atoms with Gasteiger partial charge in [0, 0.05) is 17.8 Å². The summed E-state index contributed by atoms with van der Waals surface area (Å²) in [6.45, 7) is 1.89. The molecule has 0 radical (unpaired) electrons. The Morgan fingerprint density at radius 3 is 2.62 bits per heavy atom. The summed E-state index contributed by atoms with van der Waals surface area (Å²) in [5.74, 6) is 1.60. The van der Waals surface area contributed by atoms with E-state index in [9.17, 15) is 4.79 Å². The standard InChI is InChI=1S/C26H23N3O3/c30-26(18-7-10-20(11-8-18)29-17-27-21-4-1-2-5-23(21)29)28-13-3-6-22(28)19-9-12-24-25(16-19)32-15-14-31-24/h1-2,4-5,7-12,16-17,22H,3,6,13-15H2/t22-/m1/s1. The molecule has 0 unspecified atom stereocenters. The highest BCUT2D eigenvalue weighted by Crippen LogP contribution is 2.38. The van der Waals surface area contributed by atoms with Crippen LogP contribution in [0.3, 0.4) is 0 Å². The Labute approximate surface area is 186 Å². The molecule has 0 bridgehead atoms. The van der Waals surface area contributed by atoms with E-state index in [1.807, 2.05) is 76.5 Å². The Morgan fingerprint density at radius 1 is 0.938 bits per heavy atom. The fraction of sp³-hybridized carbons (Fsp3) is 0.231. The summed E-state index contributed by atoms with van der Waals surface area (Å²) >= 11 is 0. The average Bonchev–Trinajstić information content (AvgIpc) is 3.51. The zero-order valence-corrected chi connectivity index (χ0v) is 17.6. The van der Waals surface area contributed by atoms with Crippen molar-refractivity contribution in [1.29, 1.82) is 0 Å². The van der Waals surface area contributed by atoms with Crippen LogP contribution in [0.25, 0.3) is 16.7 Å². The maximum absolute atomic E-state index is 13.4. The molecule has 1 saturated heterocycles. The predicted molar refractivity (Wildman–Crippen MR) is 122 cm³/mol. The molecule has 6 nitrogen and oxygen atoms in total. The van der Waals surface area contributed by atoms with Crippen LogP contribution in [0.1, 0.15) is 34.8 Å². The third kappa shape index (κ3) is 3.19. The van der Waals surface area contributed by atoms with Gasteiger partial charge >= 0.3 is 0 Å². The summed E-state index contributed by atoms with van der Waals surface area (Å²) in [6, 6.07) is 21.9. The number of hydrogen-bond acceptors (Lipinski definition) is 4. The predicted octanol–water partition coefficient (Wildman–Crippen LogP) is 4.77. The van der Waals surface area contributed by atoms with E-state index in [0.717, 1.165) is 53.2 Å². The molecule has 160 valence electrons. The van der Waals surface area contributed by atoms with Crippen molar-refractivity contribution in [3.05, 3.63) is 84.2 Å². The molecule has 1 amide bonds. The first-order valence-electron chi connectivity index (χ1n) is 11.0. The Morgan fingerprint density at radius 2 is 1.75 bits per heavy atom. The Bertz CT molecular complexity index is 1300. The summed E-state index contributed by atoms with van der Waals surface area (Å²) in [5, 5.41) is 0. The summed E-state index contributed by atoms with van der Waals surface area (Å²) < 4.78 is 13.4. The van der Waals surface area contributed by atoms with E-state index in [4.69, 9.17) is 9.47 Å². The summed E-state index contributed by atoms with van der Waals surface area (Å²) in [5.41, 5.74) is 4.78. The van der Waals surface area contributed by atoms with Crippen molar-refractivity contribution in [2.45, 2.75) is 18.9 Å². The number of para-hydroxylation sites is 2. The molecule has 6 heteroatoms. The largest absolute Gasteiger partial charge is 0.486 e. The van der Waals surface area contributed by atoms with Crippen LogP contribution >= 0.6 is 0 Å². The quantitative estimate of drug-likeness (QED) is 0.474. The molecule has 0 aliphatic carbocycles. The third-order valence-electron chi connectivity index (χ3n) is 6.31. The number of aromatic nitrogens is 2. The second-order valence-corrected chi connectivity index (χ2v) is 8.21. The molecule has 0 spiro atoms. The lowest BCUT2D eigenvalue weighted by Gasteiger charge is -2.27. The van der Waals surface area contributed by atoms with Crippen LogP contribution in [0.2, 0.25) is 0 Å². The minimum Gasteiger partial charge on any atom is -0.486 e. The first-order chi connectivity index (χ1) is 15.8. The molecule has 0 N–H and O–H groups in total. The molecular formula is C26H23N3O3. The second-order valence-electron chi connectivity index (χ2n) is 8.21. The van der Waals surface area contributed by atoms with E-state index < -0.39 is 0 Å². The molecule has 2 aliphatic heterocycles. The maximum Gasteiger partial charge on any atom is 0.254 e. The number of benzene rings is 3. The van der Waals surface area contributed by atoms with E-state index in [0.29, 0.717) is 18.8 Å². The van der Waals surface area contributed by atoms with E-state index in [-0.39, 0.29) is 11.9 Å². The first kappa shape index (κ1) is 18.9. The number of amides is 1. The molecule has 0 saturated carbocycles. The molecule has 32 heavy (non-hydrogen) atoms. The number of likely N-dealkylation sites (tertiary alicyclic amines) is 1. The van der Waals surface area contributed by atoms with Crippen molar-refractivity contribution >= 4 is 16.9 Å². The molecule has 3 heterocycles. The molecule has 3 aromatic carbocycles. The molecule has 1 atom stereocenters. The van der Waals surface area contributed by atoms with Gasteiger partial charge in [-0.3, -0.25) is 9.36 Å². The van der Waals surface area contributed by atoms with Gasteiger partial charge < -0.3 is 14.4 Å². The van der Waals surface area contributed by atoms with Gasteiger partial charge in [0.2, 0.25) is 0 Å². The van der Waals surface area contributed by atoms with Gasteiger partial charge in [-0.15, -0.1) is 0 Å². The van der Waals surface area contributed by atoms with Crippen LogP contribution in [-0.2, 0) is 0 Å². The minimum atomic E-state index is 0.0515. The highest BCUT2D eigenvalue weighted by atomic mass is 16.6. The van der Waals surface area contributed by atoms with Crippen LogP contribution in [0.5, 0.6) is 11.5 Å². The molecule has 1 aromatic heterocycles. The maximum atomic E-state index is 13.4. The molecular weight excluding hydrogens is 402 g/mol. The van der Waals surface area contributed by atoms with Gasteiger partial charge in [0.15, 0.2) is 11.5 Å². The van der Waals surface area contributed by atoms with Crippen molar-refractivity contribution in [1.82, 2.24) is 14.5 Å². The highest BCUT2D eigenvalue weighted by molar-refractivity contribution is 5.95. The van der Waals surface area contributed by atoms with Crippen LogP contribution in [0.15, 0.2) is 73.1 Å². The number of carbonyl (C=O) groups excluding carboxylic acids is 1. The zero-order chi connectivity index (χ0) is 21.5. The molecule has 2 aliphatic rings. The topological polar surface area (TPSA) is 56.6 Å². The number of fused-ring (bicyclic) bond motifs is 2. The van der Waals surface area contributed by atoms with Crippen LogP contribution < -0.4 is 9.47 Å². The fourth-order valence-corrected chi connectivity index (χ4v) is 4.72. The van der Waals surface area contributed by atoms with Gasteiger partial charge in [0.25, 0.3) is 5.91 Å². The van der Waals surface area contributed by atoms with Gasteiger partial charge in [0.1, 0.15) is 19.5 Å². The van der Waals surface area contributed by atoms with E-state index in [1.54, 1.807) is 0 Å².